The highest BCUT2D eigenvalue weighted by atomic mass is 79.9. The van der Waals surface area contributed by atoms with Gasteiger partial charge in [-0.3, -0.25) is 4.79 Å². The molecule has 0 aliphatic carbocycles. The fourth-order valence-corrected chi connectivity index (χ4v) is 2.27. The Balaban J connectivity index is 2.19. The summed E-state index contributed by atoms with van der Waals surface area (Å²) in [6.07, 6.45) is 1.85. The molecule has 1 aromatic carbocycles. The molecule has 0 aromatic heterocycles. The van der Waals surface area contributed by atoms with Gasteiger partial charge in [0.2, 0.25) is 5.91 Å². The summed E-state index contributed by atoms with van der Waals surface area (Å²) in [5.41, 5.74) is 0. The molecule has 2 N–H and O–H groups in total. The third kappa shape index (κ3) is 8.07. The Morgan fingerprint density at radius 1 is 1.33 bits per heavy atom. The van der Waals surface area contributed by atoms with E-state index >= 15 is 0 Å². The van der Waals surface area contributed by atoms with Crippen LogP contribution >= 0.6 is 15.9 Å². The molecule has 0 aliphatic rings. The Hall–Kier alpha value is -1.07. The highest BCUT2D eigenvalue weighted by Crippen LogP contribution is 2.16. The molecule has 0 saturated carbocycles. The predicted octanol–water partition coefficient (Wildman–Crippen LogP) is 3.13. The predicted molar refractivity (Wildman–Crippen MR) is 87.3 cm³/mol. The van der Waals surface area contributed by atoms with Crippen LogP contribution in [0.1, 0.15) is 33.1 Å². The summed E-state index contributed by atoms with van der Waals surface area (Å²) < 4.78 is 6.57. The number of hydrogen-bond donors (Lipinski definition) is 2. The number of amides is 1. The number of carbonyl (C=O) groups is 1. The Kier molecular flexibility index (Phi) is 8.38. The molecule has 0 spiro atoms. The highest BCUT2D eigenvalue weighted by molar-refractivity contribution is 9.10. The first kappa shape index (κ1) is 18.0. The van der Waals surface area contributed by atoms with Crippen molar-refractivity contribution in [1.29, 1.82) is 0 Å². The zero-order valence-corrected chi connectivity index (χ0v) is 14.2. The summed E-state index contributed by atoms with van der Waals surface area (Å²) >= 11 is 3.36. The lowest BCUT2D eigenvalue weighted by Crippen LogP contribution is -2.38. The number of aliphatic hydroxyl groups excluding tert-OH is 1. The average molecular weight is 358 g/mol. The minimum absolute atomic E-state index is 0.0146. The molecular formula is C16H24BrNO3. The smallest absolute Gasteiger partial charge is 0.220 e. The van der Waals surface area contributed by atoms with Crippen LogP contribution in [-0.2, 0) is 4.79 Å². The average Bonchev–Trinajstić information content (AvgIpc) is 2.44. The minimum Gasteiger partial charge on any atom is -0.494 e. The van der Waals surface area contributed by atoms with Crippen molar-refractivity contribution in [2.24, 2.45) is 5.92 Å². The molecule has 1 atom stereocenters. The van der Waals surface area contributed by atoms with E-state index in [4.69, 9.17) is 4.74 Å². The van der Waals surface area contributed by atoms with E-state index in [0.29, 0.717) is 25.4 Å². The number of halogens is 1. The summed E-state index contributed by atoms with van der Waals surface area (Å²) in [5, 5.41) is 12.1. The number of nitrogens with one attached hydrogen (secondary N) is 1. The molecular weight excluding hydrogens is 334 g/mol. The van der Waals surface area contributed by atoms with Gasteiger partial charge in [0.05, 0.1) is 19.3 Å². The molecule has 0 bridgehead atoms. The Morgan fingerprint density at radius 3 is 2.57 bits per heavy atom. The van der Waals surface area contributed by atoms with Crippen molar-refractivity contribution in [2.75, 3.05) is 13.2 Å². The fraction of sp³-hybridized carbons (Fsp3) is 0.562. The van der Waals surface area contributed by atoms with Crippen LogP contribution in [0.5, 0.6) is 5.75 Å². The van der Waals surface area contributed by atoms with Crippen LogP contribution in [0.3, 0.4) is 0 Å². The number of benzene rings is 1. The van der Waals surface area contributed by atoms with Gasteiger partial charge in [0.25, 0.3) is 0 Å². The Bertz CT molecular complexity index is 420. The van der Waals surface area contributed by atoms with Gasteiger partial charge in [-0.1, -0.05) is 29.8 Å². The van der Waals surface area contributed by atoms with Crippen LogP contribution in [0.25, 0.3) is 0 Å². The van der Waals surface area contributed by atoms with Gasteiger partial charge in [0, 0.05) is 10.9 Å². The van der Waals surface area contributed by atoms with E-state index in [-0.39, 0.29) is 18.6 Å². The van der Waals surface area contributed by atoms with Crippen molar-refractivity contribution in [3.63, 3.8) is 0 Å². The summed E-state index contributed by atoms with van der Waals surface area (Å²) in [6, 6.07) is 7.45. The molecule has 5 heteroatoms. The first-order chi connectivity index (χ1) is 10.0. The summed E-state index contributed by atoms with van der Waals surface area (Å²) in [4.78, 5) is 11.8. The van der Waals surface area contributed by atoms with Gasteiger partial charge < -0.3 is 15.2 Å². The van der Waals surface area contributed by atoms with Gasteiger partial charge in [0.15, 0.2) is 0 Å². The number of hydrogen-bond acceptors (Lipinski definition) is 3. The van der Waals surface area contributed by atoms with E-state index in [0.717, 1.165) is 16.6 Å². The minimum atomic E-state index is -0.148. The van der Waals surface area contributed by atoms with Gasteiger partial charge in [0.1, 0.15) is 5.75 Å². The van der Waals surface area contributed by atoms with E-state index in [1.54, 1.807) is 0 Å². The molecule has 0 radical (unpaired) electrons. The number of carbonyl (C=O) groups excluding carboxylic acids is 1. The first-order valence-electron chi connectivity index (χ1n) is 7.30. The van der Waals surface area contributed by atoms with Crippen molar-refractivity contribution in [3.8, 4) is 5.75 Å². The van der Waals surface area contributed by atoms with Crippen LogP contribution in [-0.4, -0.2) is 30.3 Å². The normalized spacial score (nSPS) is 12.2. The second-order valence-electron chi connectivity index (χ2n) is 5.48. The molecule has 21 heavy (non-hydrogen) atoms. The van der Waals surface area contributed by atoms with Gasteiger partial charge >= 0.3 is 0 Å². The zero-order valence-electron chi connectivity index (χ0n) is 12.6. The van der Waals surface area contributed by atoms with E-state index in [2.05, 4.69) is 35.1 Å². The van der Waals surface area contributed by atoms with Crippen LogP contribution < -0.4 is 10.1 Å². The lowest BCUT2D eigenvalue weighted by atomic mass is 10.0. The second kappa shape index (κ2) is 9.79. The van der Waals surface area contributed by atoms with E-state index in [1.165, 1.54) is 0 Å². The van der Waals surface area contributed by atoms with Gasteiger partial charge in [-0.2, -0.15) is 0 Å². The third-order valence-electron chi connectivity index (χ3n) is 2.97. The lowest BCUT2D eigenvalue weighted by Gasteiger charge is -2.18. The van der Waals surface area contributed by atoms with Crippen LogP contribution in [0.15, 0.2) is 28.7 Å². The molecule has 0 heterocycles. The molecule has 118 valence electrons. The van der Waals surface area contributed by atoms with Crippen molar-refractivity contribution >= 4 is 21.8 Å². The van der Waals surface area contributed by atoms with Crippen LogP contribution in [0.2, 0.25) is 0 Å². The number of rotatable bonds is 9. The quantitative estimate of drug-likeness (QED) is 0.667. The maximum atomic E-state index is 11.8. The highest BCUT2D eigenvalue weighted by Gasteiger charge is 2.12. The van der Waals surface area contributed by atoms with Gasteiger partial charge in [-0.25, -0.2) is 0 Å². The molecule has 0 fully saturated rings. The molecule has 4 nitrogen and oxygen atoms in total. The third-order valence-corrected chi connectivity index (χ3v) is 3.50. The van der Waals surface area contributed by atoms with E-state index < -0.39 is 0 Å². The monoisotopic (exact) mass is 357 g/mol. The summed E-state index contributed by atoms with van der Waals surface area (Å²) in [5.74, 6) is 1.21. The molecule has 1 unspecified atom stereocenters. The molecule has 0 saturated heterocycles. The topological polar surface area (TPSA) is 58.6 Å². The fourth-order valence-electron chi connectivity index (χ4n) is 2.00. The Labute approximate surface area is 135 Å². The molecule has 1 amide bonds. The second-order valence-corrected chi connectivity index (χ2v) is 6.40. The summed E-state index contributed by atoms with van der Waals surface area (Å²) in [6.45, 7) is 4.63. The summed E-state index contributed by atoms with van der Waals surface area (Å²) in [7, 11) is 0. The van der Waals surface area contributed by atoms with Crippen LogP contribution in [0.4, 0.5) is 0 Å². The van der Waals surface area contributed by atoms with Crippen molar-refractivity contribution in [1.82, 2.24) is 5.32 Å². The van der Waals surface area contributed by atoms with Crippen molar-refractivity contribution in [3.05, 3.63) is 28.7 Å². The lowest BCUT2D eigenvalue weighted by molar-refractivity contribution is -0.122. The number of aliphatic hydroxyl groups is 1. The maximum absolute atomic E-state index is 11.8. The van der Waals surface area contributed by atoms with E-state index in [1.807, 2.05) is 24.3 Å². The first-order valence-corrected chi connectivity index (χ1v) is 8.09. The number of ether oxygens (including phenoxy) is 1. The van der Waals surface area contributed by atoms with Crippen LogP contribution in [0, 0.1) is 5.92 Å². The van der Waals surface area contributed by atoms with Gasteiger partial charge in [-0.05, 0) is 43.0 Å². The Morgan fingerprint density at radius 2 is 2.00 bits per heavy atom. The maximum Gasteiger partial charge on any atom is 0.220 e. The zero-order chi connectivity index (χ0) is 15.7. The van der Waals surface area contributed by atoms with Gasteiger partial charge in [-0.15, -0.1) is 0 Å². The van der Waals surface area contributed by atoms with Crippen molar-refractivity contribution < 1.29 is 14.6 Å². The molecule has 1 rings (SSSR count). The van der Waals surface area contributed by atoms with Crippen molar-refractivity contribution in [2.45, 2.75) is 39.2 Å². The standard InChI is InChI=1S/C16H24BrNO3/c1-12(2)10-14(11-19)18-16(20)4-3-9-21-15-7-5-13(17)6-8-15/h5-8,12,14,19H,3-4,9-11H2,1-2H3,(H,18,20). The largest absolute Gasteiger partial charge is 0.494 e. The molecule has 1 aromatic rings. The SMILES string of the molecule is CC(C)CC(CO)NC(=O)CCCOc1ccc(Br)cc1. The molecule has 0 aliphatic heterocycles. The van der Waals surface area contributed by atoms with E-state index in [9.17, 15) is 9.90 Å².